The van der Waals surface area contributed by atoms with Gasteiger partial charge in [0.15, 0.2) is 0 Å². The van der Waals surface area contributed by atoms with Crippen LogP contribution in [0.15, 0.2) is 24.3 Å². The molecule has 0 saturated heterocycles. The Morgan fingerprint density at radius 3 is 1.45 bits per heavy atom. The van der Waals surface area contributed by atoms with Gasteiger partial charge in [-0.2, -0.15) is 0 Å². The van der Waals surface area contributed by atoms with Crippen LogP contribution in [-0.2, 0) is 14.3 Å². The molecule has 0 atom stereocenters. The lowest BCUT2D eigenvalue weighted by Crippen LogP contribution is -2.05. The van der Waals surface area contributed by atoms with Gasteiger partial charge in [0.1, 0.15) is 0 Å². The van der Waals surface area contributed by atoms with Gasteiger partial charge in [0.2, 0.25) is 0 Å². The third-order valence-electron chi connectivity index (χ3n) is 7.13. The van der Waals surface area contributed by atoms with Crippen molar-refractivity contribution in [2.75, 3.05) is 6.61 Å². The first-order valence-electron chi connectivity index (χ1n) is 16.3. The van der Waals surface area contributed by atoms with Gasteiger partial charge in [-0.3, -0.25) is 9.59 Å². The summed E-state index contributed by atoms with van der Waals surface area (Å²) in [5, 5.41) is 8.61. The number of rotatable bonds is 30. The Labute approximate surface area is 236 Å². The van der Waals surface area contributed by atoms with Crippen LogP contribution in [0.5, 0.6) is 0 Å². The summed E-state index contributed by atoms with van der Waals surface area (Å²) in [5.74, 6) is -0.689. The molecule has 38 heavy (non-hydrogen) atoms. The van der Waals surface area contributed by atoms with E-state index < -0.39 is 5.97 Å². The number of carboxylic acids is 1. The molecule has 0 aromatic rings. The number of carboxylic acid groups (broad SMARTS) is 1. The van der Waals surface area contributed by atoms with Gasteiger partial charge < -0.3 is 9.84 Å². The summed E-state index contributed by atoms with van der Waals surface area (Å²) in [6.07, 6.45) is 38.8. The molecule has 0 aliphatic carbocycles. The number of ether oxygens (including phenoxy) is 1. The van der Waals surface area contributed by atoms with Gasteiger partial charge in [0, 0.05) is 12.8 Å². The van der Waals surface area contributed by atoms with Crippen molar-refractivity contribution in [1.82, 2.24) is 0 Å². The van der Waals surface area contributed by atoms with Crippen molar-refractivity contribution in [2.24, 2.45) is 0 Å². The molecule has 0 amide bonds. The van der Waals surface area contributed by atoms with Crippen LogP contribution in [0.1, 0.15) is 174 Å². The van der Waals surface area contributed by atoms with Gasteiger partial charge in [0.25, 0.3) is 0 Å². The molecule has 1 N–H and O–H groups in total. The van der Waals surface area contributed by atoms with Crippen molar-refractivity contribution in [2.45, 2.75) is 174 Å². The summed E-state index contributed by atoms with van der Waals surface area (Å²) in [5.41, 5.74) is 0. The van der Waals surface area contributed by atoms with E-state index in [2.05, 4.69) is 31.2 Å². The van der Waals surface area contributed by atoms with Crippen LogP contribution in [0.25, 0.3) is 0 Å². The monoisotopic (exact) mass is 534 g/mol. The molecule has 0 saturated carbocycles. The minimum absolute atomic E-state index is 0.0161. The summed E-state index contributed by atoms with van der Waals surface area (Å²) < 4.78 is 5.40. The second kappa shape index (κ2) is 31.6. The molecule has 4 heteroatoms. The van der Waals surface area contributed by atoms with Gasteiger partial charge in [0.05, 0.1) is 6.61 Å². The zero-order valence-corrected chi connectivity index (χ0v) is 25.1. The SMILES string of the molecule is CCCCC/C=C/C/C=C\CCCCCCCC(=O)OCCCCCCCCCCCCCCCC(=O)O. The molecule has 0 fully saturated rings. The van der Waals surface area contributed by atoms with Gasteiger partial charge in [-0.05, 0) is 51.4 Å². The van der Waals surface area contributed by atoms with Crippen LogP contribution in [-0.4, -0.2) is 23.7 Å². The molecule has 0 aromatic heterocycles. The lowest BCUT2D eigenvalue weighted by Gasteiger charge is -2.05. The number of carbonyl (C=O) groups excluding carboxylic acids is 1. The Hall–Kier alpha value is -1.58. The molecule has 0 aromatic carbocycles. The summed E-state index contributed by atoms with van der Waals surface area (Å²) in [4.78, 5) is 22.3. The Kier molecular flexibility index (Phi) is 30.3. The second-order valence-electron chi connectivity index (χ2n) is 10.9. The maximum atomic E-state index is 11.9. The van der Waals surface area contributed by atoms with Crippen LogP contribution < -0.4 is 0 Å². The van der Waals surface area contributed by atoms with Crippen LogP contribution in [0.2, 0.25) is 0 Å². The Bertz CT molecular complexity index is 567. The minimum atomic E-state index is -0.672. The van der Waals surface area contributed by atoms with Crippen LogP contribution >= 0.6 is 0 Å². The fraction of sp³-hybridized carbons (Fsp3) is 0.824. The number of unbranched alkanes of at least 4 members (excludes halogenated alkanes) is 20. The molecule has 0 radical (unpaired) electrons. The fourth-order valence-corrected chi connectivity index (χ4v) is 4.66. The summed E-state index contributed by atoms with van der Waals surface area (Å²) in [7, 11) is 0. The van der Waals surface area contributed by atoms with E-state index in [-0.39, 0.29) is 5.97 Å². The molecule has 0 unspecified atom stereocenters. The number of allylic oxidation sites excluding steroid dienone is 4. The van der Waals surface area contributed by atoms with E-state index in [1.165, 1.54) is 109 Å². The maximum absolute atomic E-state index is 11.9. The summed E-state index contributed by atoms with van der Waals surface area (Å²) >= 11 is 0. The molecule has 222 valence electrons. The standard InChI is InChI=1S/C34H62O4/c1-2-3-4-5-6-7-8-9-10-13-16-19-22-25-28-31-34(37)38-32-29-26-23-20-17-14-11-12-15-18-21-24-27-30-33(35)36/h6-7,9-10H,2-5,8,11-32H2,1H3,(H,35,36)/b7-6+,10-9-. The lowest BCUT2D eigenvalue weighted by molar-refractivity contribution is -0.144. The van der Waals surface area contributed by atoms with Crippen LogP contribution in [0.4, 0.5) is 0 Å². The van der Waals surface area contributed by atoms with Gasteiger partial charge >= 0.3 is 11.9 Å². The van der Waals surface area contributed by atoms with Gasteiger partial charge in [-0.15, -0.1) is 0 Å². The molecule has 0 heterocycles. The van der Waals surface area contributed by atoms with Crippen molar-refractivity contribution in [3.05, 3.63) is 24.3 Å². The van der Waals surface area contributed by atoms with E-state index in [0.29, 0.717) is 19.4 Å². The van der Waals surface area contributed by atoms with Crippen molar-refractivity contribution in [3.8, 4) is 0 Å². The third kappa shape index (κ3) is 32.4. The number of hydrogen-bond donors (Lipinski definition) is 1. The highest BCUT2D eigenvalue weighted by Gasteiger charge is 2.02. The predicted octanol–water partition coefficient (Wildman–Crippen LogP) is 10.9. The summed E-state index contributed by atoms with van der Waals surface area (Å²) in [6, 6.07) is 0. The second-order valence-corrected chi connectivity index (χ2v) is 10.9. The lowest BCUT2D eigenvalue weighted by atomic mass is 10.0. The minimum Gasteiger partial charge on any atom is -0.481 e. The number of hydrogen-bond acceptors (Lipinski definition) is 3. The zero-order chi connectivity index (χ0) is 27.8. The number of carbonyl (C=O) groups is 2. The quantitative estimate of drug-likeness (QED) is 0.0565. The predicted molar refractivity (Wildman–Crippen MR) is 163 cm³/mol. The zero-order valence-electron chi connectivity index (χ0n) is 25.1. The largest absolute Gasteiger partial charge is 0.481 e. The molecule has 0 aliphatic rings. The molecule has 4 nitrogen and oxygen atoms in total. The smallest absolute Gasteiger partial charge is 0.305 e. The van der Waals surface area contributed by atoms with E-state index >= 15 is 0 Å². The summed E-state index contributed by atoms with van der Waals surface area (Å²) in [6.45, 7) is 2.83. The highest BCUT2D eigenvalue weighted by atomic mass is 16.5. The average molecular weight is 535 g/mol. The van der Waals surface area contributed by atoms with Crippen molar-refractivity contribution >= 4 is 11.9 Å². The van der Waals surface area contributed by atoms with Crippen LogP contribution in [0.3, 0.4) is 0 Å². The number of esters is 1. The molecule has 0 bridgehead atoms. The molecule has 0 rings (SSSR count). The topological polar surface area (TPSA) is 63.6 Å². The normalized spacial score (nSPS) is 11.6. The first kappa shape index (κ1) is 36.4. The Morgan fingerprint density at radius 1 is 0.526 bits per heavy atom. The maximum Gasteiger partial charge on any atom is 0.305 e. The molecular weight excluding hydrogens is 472 g/mol. The third-order valence-corrected chi connectivity index (χ3v) is 7.13. The first-order chi connectivity index (χ1) is 18.7. The molecule has 0 spiro atoms. The van der Waals surface area contributed by atoms with E-state index in [9.17, 15) is 9.59 Å². The first-order valence-corrected chi connectivity index (χ1v) is 16.3. The van der Waals surface area contributed by atoms with Crippen molar-refractivity contribution in [3.63, 3.8) is 0 Å². The van der Waals surface area contributed by atoms with E-state index in [1.807, 2.05) is 0 Å². The van der Waals surface area contributed by atoms with Crippen molar-refractivity contribution < 1.29 is 19.4 Å². The molecule has 0 aliphatic heterocycles. The van der Waals surface area contributed by atoms with Gasteiger partial charge in [-0.1, -0.05) is 134 Å². The highest BCUT2D eigenvalue weighted by Crippen LogP contribution is 2.13. The fourth-order valence-electron chi connectivity index (χ4n) is 4.66. The Morgan fingerprint density at radius 2 is 0.947 bits per heavy atom. The van der Waals surface area contributed by atoms with Gasteiger partial charge in [-0.25, -0.2) is 0 Å². The number of aliphatic carboxylic acids is 1. The average Bonchev–Trinajstić information content (AvgIpc) is 2.90. The van der Waals surface area contributed by atoms with Crippen LogP contribution in [0, 0.1) is 0 Å². The Balaban J connectivity index is 3.23. The van der Waals surface area contributed by atoms with Crippen molar-refractivity contribution in [1.29, 1.82) is 0 Å². The van der Waals surface area contributed by atoms with E-state index in [1.54, 1.807) is 0 Å². The van der Waals surface area contributed by atoms with E-state index in [0.717, 1.165) is 44.9 Å². The highest BCUT2D eigenvalue weighted by molar-refractivity contribution is 5.69. The van der Waals surface area contributed by atoms with E-state index in [4.69, 9.17) is 9.84 Å². The molecular formula is C34H62O4.